The van der Waals surface area contributed by atoms with Crippen LogP contribution in [0.3, 0.4) is 0 Å². The van der Waals surface area contributed by atoms with Crippen LogP contribution in [-0.2, 0) is 9.53 Å². The Morgan fingerprint density at radius 1 is 1.41 bits per heavy atom. The van der Waals surface area contributed by atoms with E-state index in [0.29, 0.717) is 32.8 Å². The van der Waals surface area contributed by atoms with E-state index in [1.54, 1.807) is 0 Å². The molecular weight excluding hydrogens is 220 g/mol. The minimum absolute atomic E-state index is 0.0979. The van der Waals surface area contributed by atoms with Crippen molar-refractivity contribution >= 4 is 5.91 Å². The fourth-order valence-corrected chi connectivity index (χ4v) is 2.12. The van der Waals surface area contributed by atoms with Gasteiger partial charge < -0.3 is 14.7 Å². The third-order valence-corrected chi connectivity index (χ3v) is 3.13. The number of nitrogens with zero attached hydrogens (tertiary/aromatic N) is 2. The quantitative estimate of drug-likeness (QED) is 0.711. The fourth-order valence-electron chi connectivity index (χ4n) is 2.12. The van der Waals surface area contributed by atoms with E-state index >= 15 is 0 Å². The van der Waals surface area contributed by atoms with Gasteiger partial charge in [0, 0.05) is 19.6 Å². The molecule has 0 aromatic rings. The van der Waals surface area contributed by atoms with Gasteiger partial charge in [-0.2, -0.15) is 0 Å². The van der Waals surface area contributed by atoms with Crippen LogP contribution in [0.15, 0.2) is 0 Å². The van der Waals surface area contributed by atoms with E-state index < -0.39 is 0 Å². The highest BCUT2D eigenvalue weighted by atomic mass is 16.5. The smallest absolute Gasteiger partial charge is 0.239 e. The van der Waals surface area contributed by atoms with Crippen LogP contribution >= 0.6 is 0 Å². The summed E-state index contributed by atoms with van der Waals surface area (Å²) >= 11 is 0. The highest BCUT2D eigenvalue weighted by Crippen LogP contribution is 2.07. The molecule has 0 radical (unpaired) electrons. The lowest BCUT2D eigenvalue weighted by atomic mass is 10.2. The van der Waals surface area contributed by atoms with Crippen LogP contribution in [0.4, 0.5) is 0 Å². The maximum atomic E-state index is 12.2. The first kappa shape index (κ1) is 14.4. The topological polar surface area (TPSA) is 53.0 Å². The Morgan fingerprint density at radius 3 is 2.59 bits per heavy atom. The first-order chi connectivity index (χ1) is 8.20. The molecule has 1 aliphatic rings. The molecule has 1 unspecified atom stereocenters. The van der Waals surface area contributed by atoms with Crippen LogP contribution in [0, 0.1) is 0 Å². The summed E-state index contributed by atoms with van der Waals surface area (Å²) in [6, 6.07) is -0.153. The van der Waals surface area contributed by atoms with Crippen molar-refractivity contribution in [1.29, 1.82) is 0 Å². The molecule has 0 spiro atoms. The summed E-state index contributed by atoms with van der Waals surface area (Å²) in [5.74, 6) is 0.148. The molecule has 0 aromatic heterocycles. The summed E-state index contributed by atoms with van der Waals surface area (Å²) < 4.78 is 5.24. The predicted molar refractivity (Wildman–Crippen MR) is 65.8 cm³/mol. The van der Waals surface area contributed by atoms with Crippen LogP contribution < -0.4 is 0 Å². The van der Waals surface area contributed by atoms with E-state index in [1.807, 2.05) is 16.7 Å². The molecule has 0 aliphatic carbocycles. The summed E-state index contributed by atoms with van der Waals surface area (Å²) in [6.07, 6.45) is 0.987. The van der Waals surface area contributed by atoms with Crippen molar-refractivity contribution < 1.29 is 14.6 Å². The number of ether oxygens (including phenoxy) is 1. The Morgan fingerprint density at radius 2 is 2.06 bits per heavy atom. The molecule has 100 valence electrons. The summed E-state index contributed by atoms with van der Waals surface area (Å²) in [5, 5.41) is 9.02. The Hall–Kier alpha value is -0.650. The average Bonchev–Trinajstić information content (AvgIpc) is 2.38. The third kappa shape index (κ3) is 4.26. The number of morpholine rings is 1. The molecule has 1 N–H and O–H groups in total. The normalized spacial score (nSPS) is 18.5. The minimum atomic E-state index is -0.153. The van der Waals surface area contributed by atoms with Gasteiger partial charge in [0.05, 0.1) is 25.9 Å². The van der Waals surface area contributed by atoms with Crippen LogP contribution in [0.2, 0.25) is 0 Å². The van der Waals surface area contributed by atoms with Gasteiger partial charge in [0.15, 0.2) is 0 Å². The van der Waals surface area contributed by atoms with Crippen molar-refractivity contribution in [2.75, 3.05) is 46.0 Å². The summed E-state index contributed by atoms with van der Waals surface area (Å²) in [4.78, 5) is 16.1. The number of hydrogen-bond acceptors (Lipinski definition) is 4. The van der Waals surface area contributed by atoms with E-state index in [0.717, 1.165) is 13.0 Å². The highest BCUT2D eigenvalue weighted by Gasteiger charge is 2.26. The average molecular weight is 244 g/mol. The van der Waals surface area contributed by atoms with Crippen molar-refractivity contribution in [2.24, 2.45) is 0 Å². The zero-order valence-electron chi connectivity index (χ0n) is 10.9. The van der Waals surface area contributed by atoms with E-state index in [2.05, 4.69) is 6.92 Å². The second kappa shape index (κ2) is 7.63. The summed E-state index contributed by atoms with van der Waals surface area (Å²) in [6.45, 7) is 8.13. The van der Waals surface area contributed by atoms with Gasteiger partial charge in [-0.25, -0.2) is 0 Å². The molecule has 0 aromatic carbocycles. The van der Waals surface area contributed by atoms with Gasteiger partial charge in [-0.1, -0.05) is 6.92 Å². The number of carbonyl (C=O) groups is 1. The maximum absolute atomic E-state index is 12.2. The van der Waals surface area contributed by atoms with Crippen molar-refractivity contribution in [3.05, 3.63) is 0 Å². The standard InChI is InChI=1S/C12H24N2O3/c1-3-4-13(5-8-15)11(2)12(16)14-6-9-17-10-7-14/h11,15H,3-10H2,1-2H3. The van der Waals surface area contributed by atoms with E-state index in [-0.39, 0.29) is 18.6 Å². The predicted octanol–water partition coefficient (Wildman–Crippen LogP) is -0.0620. The largest absolute Gasteiger partial charge is 0.395 e. The fraction of sp³-hybridized carbons (Fsp3) is 0.917. The second-order valence-corrected chi connectivity index (χ2v) is 4.37. The van der Waals surface area contributed by atoms with E-state index in [9.17, 15) is 4.79 Å². The van der Waals surface area contributed by atoms with Crippen molar-refractivity contribution in [2.45, 2.75) is 26.3 Å². The number of aliphatic hydroxyl groups excluding tert-OH is 1. The molecule has 0 bridgehead atoms. The van der Waals surface area contributed by atoms with Crippen molar-refractivity contribution in [3.8, 4) is 0 Å². The van der Waals surface area contributed by atoms with Gasteiger partial charge in [-0.15, -0.1) is 0 Å². The lowest BCUT2D eigenvalue weighted by molar-refractivity contribution is -0.140. The van der Waals surface area contributed by atoms with Crippen LogP contribution in [-0.4, -0.2) is 72.9 Å². The van der Waals surface area contributed by atoms with Crippen LogP contribution in [0.5, 0.6) is 0 Å². The third-order valence-electron chi connectivity index (χ3n) is 3.13. The molecule has 0 saturated carbocycles. The van der Waals surface area contributed by atoms with Crippen molar-refractivity contribution in [1.82, 2.24) is 9.80 Å². The van der Waals surface area contributed by atoms with E-state index in [1.165, 1.54) is 0 Å². The number of aliphatic hydroxyl groups is 1. The van der Waals surface area contributed by atoms with Gasteiger partial charge in [-0.05, 0) is 19.9 Å². The molecule has 1 amide bonds. The van der Waals surface area contributed by atoms with E-state index in [4.69, 9.17) is 9.84 Å². The first-order valence-corrected chi connectivity index (χ1v) is 6.42. The zero-order chi connectivity index (χ0) is 12.7. The summed E-state index contributed by atoms with van der Waals surface area (Å²) in [5.41, 5.74) is 0. The monoisotopic (exact) mass is 244 g/mol. The molecule has 1 fully saturated rings. The molecular formula is C12H24N2O3. The van der Waals surface area contributed by atoms with Crippen LogP contribution in [0.25, 0.3) is 0 Å². The van der Waals surface area contributed by atoms with Gasteiger partial charge >= 0.3 is 0 Å². The zero-order valence-corrected chi connectivity index (χ0v) is 10.9. The maximum Gasteiger partial charge on any atom is 0.239 e. The van der Waals surface area contributed by atoms with Gasteiger partial charge in [0.2, 0.25) is 5.91 Å². The summed E-state index contributed by atoms with van der Waals surface area (Å²) in [7, 11) is 0. The number of amides is 1. The molecule has 17 heavy (non-hydrogen) atoms. The van der Waals surface area contributed by atoms with Crippen molar-refractivity contribution in [3.63, 3.8) is 0 Å². The lowest BCUT2D eigenvalue weighted by Gasteiger charge is -2.34. The van der Waals surface area contributed by atoms with Gasteiger partial charge in [0.25, 0.3) is 0 Å². The Kier molecular flexibility index (Phi) is 6.47. The molecule has 5 nitrogen and oxygen atoms in total. The number of carbonyl (C=O) groups excluding carboxylic acids is 1. The molecule has 1 atom stereocenters. The van der Waals surface area contributed by atoms with Gasteiger partial charge in [-0.3, -0.25) is 9.69 Å². The molecule has 5 heteroatoms. The molecule has 1 saturated heterocycles. The van der Waals surface area contributed by atoms with Crippen LogP contribution in [0.1, 0.15) is 20.3 Å². The Balaban J connectivity index is 2.51. The minimum Gasteiger partial charge on any atom is -0.395 e. The Labute approximate surface area is 103 Å². The highest BCUT2D eigenvalue weighted by molar-refractivity contribution is 5.81. The SMILES string of the molecule is CCCN(CCO)C(C)C(=O)N1CCOCC1. The number of hydrogen-bond donors (Lipinski definition) is 1. The Bertz CT molecular complexity index is 224. The van der Waals surface area contributed by atoms with Gasteiger partial charge in [0.1, 0.15) is 0 Å². The molecule has 1 aliphatic heterocycles. The first-order valence-electron chi connectivity index (χ1n) is 6.42. The number of rotatable bonds is 6. The molecule has 1 heterocycles. The second-order valence-electron chi connectivity index (χ2n) is 4.37. The lowest BCUT2D eigenvalue weighted by Crippen LogP contribution is -2.51. The molecule has 1 rings (SSSR count).